The summed E-state index contributed by atoms with van der Waals surface area (Å²) in [6.45, 7) is 7.87. The number of morpholine rings is 1. The van der Waals surface area contributed by atoms with Crippen molar-refractivity contribution in [3.8, 4) is 11.3 Å². The summed E-state index contributed by atoms with van der Waals surface area (Å²) < 4.78 is 11.2. The quantitative estimate of drug-likeness (QED) is 0.358. The molecule has 0 spiro atoms. The molecule has 212 valence electrons. The van der Waals surface area contributed by atoms with Gasteiger partial charge in [-0.15, -0.1) is 0 Å². The van der Waals surface area contributed by atoms with Crippen LogP contribution in [0.5, 0.6) is 0 Å². The minimum absolute atomic E-state index is 0.0659. The molecule has 2 N–H and O–H groups in total. The number of benzene rings is 3. The molecule has 7 rings (SSSR count). The highest BCUT2D eigenvalue weighted by Crippen LogP contribution is 2.35. The molecule has 8 heteroatoms. The van der Waals surface area contributed by atoms with E-state index >= 15 is 0 Å². The van der Waals surface area contributed by atoms with Gasteiger partial charge in [-0.2, -0.15) is 5.10 Å². The number of carbonyl (C=O) groups is 1. The molecule has 1 amide bonds. The predicted octanol–water partition coefficient (Wildman–Crippen LogP) is 4.23. The molecule has 4 heterocycles. The second-order valence-corrected chi connectivity index (χ2v) is 11.5. The molecule has 41 heavy (non-hydrogen) atoms. The number of aromatic amines is 1. The molecule has 1 aromatic heterocycles. The highest BCUT2D eigenvalue weighted by Gasteiger charge is 2.35. The van der Waals surface area contributed by atoms with E-state index in [4.69, 9.17) is 9.47 Å². The number of aromatic nitrogens is 2. The number of rotatable bonds is 7. The molecule has 0 atom stereocenters. The Morgan fingerprint density at radius 3 is 2.41 bits per heavy atom. The molecule has 3 saturated heterocycles. The van der Waals surface area contributed by atoms with Crippen LogP contribution in [0.2, 0.25) is 0 Å². The first-order valence-corrected chi connectivity index (χ1v) is 14.8. The topological polar surface area (TPSA) is 82.7 Å². The van der Waals surface area contributed by atoms with Crippen molar-refractivity contribution in [1.82, 2.24) is 20.4 Å². The van der Waals surface area contributed by atoms with E-state index in [0.29, 0.717) is 31.4 Å². The van der Waals surface area contributed by atoms with Crippen molar-refractivity contribution in [2.24, 2.45) is 0 Å². The normalized spacial score (nSPS) is 19.7. The molecule has 0 unspecified atom stereocenters. The third kappa shape index (κ3) is 5.23. The second-order valence-electron chi connectivity index (χ2n) is 11.5. The molecule has 4 aromatic rings. The molecule has 0 aliphatic carbocycles. The van der Waals surface area contributed by atoms with Crippen LogP contribution in [0.25, 0.3) is 22.2 Å². The van der Waals surface area contributed by atoms with Crippen molar-refractivity contribution in [2.45, 2.75) is 24.3 Å². The monoisotopic (exact) mass is 551 g/mol. The largest absolute Gasteiger partial charge is 0.381 e. The van der Waals surface area contributed by atoms with Crippen molar-refractivity contribution < 1.29 is 14.3 Å². The molecule has 0 bridgehead atoms. The zero-order chi connectivity index (χ0) is 27.6. The summed E-state index contributed by atoms with van der Waals surface area (Å²) >= 11 is 0. The molecule has 3 aliphatic rings. The van der Waals surface area contributed by atoms with Gasteiger partial charge in [0.1, 0.15) is 0 Å². The van der Waals surface area contributed by atoms with Gasteiger partial charge < -0.3 is 19.7 Å². The summed E-state index contributed by atoms with van der Waals surface area (Å²) in [5.41, 5.74) is 5.84. The summed E-state index contributed by atoms with van der Waals surface area (Å²) in [4.78, 5) is 18.4. The fourth-order valence-electron chi connectivity index (χ4n) is 6.52. The third-order valence-corrected chi connectivity index (χ3v) is 9.18. The highest BCUT2D eigenvalue weighted by atomic mass is 16.5. The summed E-state index contributed by atoms with van der Waals surface area (Å²) in [5, 5.41) is 12.0. The van der Waals surface area contributed by atoms with E-state index in [-0.39, 0.29) is 11.3 Å². The maximum Gasteiger partial charge on any atom is 0.251 e. The lowest BCUT2D eigenvalue weighted by atomic mass is 9.74. The summed E-state index contributed by atoms with van der Waals surface area (Å²) in [6, 6.07) is 25.5. The molecule has 3 aromatic carbocycles. The first kappa shape index (κ1) is 26.2. The number of nitrogens with one attached hydrogen (secondary N) is 2. The molecule has 3 fully saturated rings. The zero-order valence-corrected chi connectivity index (χ0v) is 23.4. The molecule has 3 aliphatic heterocycles. The average molecular weight is 552 g/mol. The van der Waals surface area contributed by atoms with Gasteiger partial charge in [-0.1, -0.05) is 42.5 Å². The van der Waals surface area contributed by atoms with Crippen LogP contribution < -0.4 is 10.2 Å². The smallest absolute Gasteiger partial charge is 0.251 e. The van der Waals surface area contributed by atoms with Gasteiger partial charge in [0.15, 0.2) is 0 Å². The van der Waals surface area contributed by atoms with E-state index in [2.05, 4.69) is 73.8 Å². The van der Waals surface area contributed by atoms with Gasteiger partial charge in [0.05, 0.1) is 24.4 Å². The van der Waals surface area contributed by atoms with Crippen LogP contribution >= 0.6 is 0 Å². The van der Waals surface area contributed by atoms with Crippen LogP contribution in [-0.4, -0.2) is 86.2 Å². The first-order valence-electron chi connectivity index (χ1n) is 14.8. The average Bonchev–Trinajstić information content (AvgIpc) is 3.44. The SMILES string of the molecule is O=C(NCC1(c2ccccc2)CCOCC1)c1ccc2[nH]nc(-c3ccc(N4CC(N5CCOCC5)C4)cc3)c2c1. The number of fused-ring (bicyclic) bond motifs is 1. The van der Waals surface area contributed by atoms with Crippen molar-refractivity contribution in [3.05, 3.63) is 83.9 Å². The van der Waals surface area contributed by atoms with E-state index in [9.17, 15) is 4.79 Å². The van der Waals surface area contributed by atoms with Crippen LogP contribution in [0.1, 0.15) is 28.8 Å². The Hall–Kier alpha value is -3.72. The maximum atomic E-state index is 13.4. The molecular formula is C33H37N5O3. The lowest BCUT2D eigenvalue weighted by Crippen LogP contribution is -2.61. The lowest BCUT2D eigenvalue weighted by Gasteiger charge is -2.47. The standard InChI is InChI=1S/C33H37N5O3/c39-32(34-23-33(12-16-40-17-13-33)26-4-2-1-3-5-26)25-8-11-30-29(20-25)31(36-35-30)24-6-9-27(10-7-24)38-21-28(22-38)37-14-18-41-19-15-37/h1-11,20,28H,12-19,21-23H2,(H,34,39)(H,35,36). The molecule has 0 radical (unpaired) electrons. The number of H-pyrrole nitrogens is 1. The van der Waals surface area contributed by atoms with Crippen molar-refractivity contribution >= 4 is 22.5 Å². The maximum absolute atomic E-state index is 13.4. The lowest BCUT2D eigenvalue weighted by molar-refractivity contribution is 0.0105. The number of hydrogen-bond acceptors (Lipinski definition) is 6. The Morgan fingerprint density at radius 1 is 0.927 bits per heavy atom. The van der Waals surface area contributed by atoms with E-state index in [0.717, 1.165) is 74.4 Å². The molecule has 8 nitrogen and oxygen atoms in total. The predicted molar refractivity (Wildman–Crippen MR) is 160 cm³/mol. The van der Waals surface area contributed by atoms with Crippen LogP contribution in [-0.2, 0) is 14.9 Å². The number of amides is 1. The second kappa shape index (κ2) is 11.3. The van der Waals surface area contributed by atoms with E-state index in [1.165, 1.54) is 11.3 Å². The highest BCUT2D eigenvalue weighted by molar-refractivity contribution is 6.01. The Kier molecular flexibility index (Phi) is 7.21. The van der Waals surface area contributed by atoms with Gasteiger partial charge in [-0.05, 0) is 48.7 Å². The molecular weight excluding hydrogens is 514 g/mol. The van der Waals surface area contributed by atoms with E-state index in [1.807, 2.05) is 24.3 Å². The van der Waals surface area contributed by atoms with Crippen LogP contribution in [0.3, 0.4) is 0 Å². The van der Waals surface area contributed by atoms with E-state index < -0.39 is 0 Å². The number of nitrogens with zero attached hydrogens (tertiary/aromatic N) is 3. The minimum Gasteiger partial charge on any atom is -0.381 e. The summed E-state index contributed by atoms with van der Waals surface area (Å²) in [6.07, 6.45) is 1.78. The van der Waals surface area contributed by atoms with Crippen molar-refractivity contribution in [1.29, 1.82) is 0 Å². The van der Waals surface area contributed by atoms with Crippen molar-refractivity contribution in [3.63, 3.8) is 0 Å². The summed E-state index contributed by atoms with van der Waals surface area (Å²) in [5.74, 6) is -0.0659. The van der Waals surface area contributed by atoms with Gasteiger partial charge in [0.2, 0.25) is 0 Å². The minimum atomic E-state index is -0.111. The zero-order valence-electron chi connectivity index (χ0n) is 23.4. The molecule has 0 saturated carbocycles. The van der Waals surface area contributed by atoms with Gasteiger partial charge in [-0.3, -0.25) is 14.8 Å². The van der Waals surface area contributed by atoms with Gasteiger partial charge >= 0.3 is 0 Å². The third-order valence-electron chi connectivity index (χ3n) is 9.18. The van der Waals surface area contributed by atoms with Crippen LogP contribution in [0.15, 0.2) is 72.8 Å². The van der Waals surface area contributed by atoms with Crippen LogP contribution in [0, 0.1) is 0 Å². The van der Waals surface area contributed by atoms with E-state index in [1.54, 1.807) is 0 Å². The number of hydrogen-bond donors (Lipinski definition) is 2. The number of ether oxygens (including phenoxy) is 2. The Balaban J connectivity index is 1.04. The Bertz CT molecular complexity index is 1480. The number of anilines is 1. The Morgan fingerprint density at radius 2 is 1.66 bits per heavy atom. The van der Waals surface area contributed by atoms with Gasteiger partial charge in [-0.25, -0.2) is 0 Å². The van der Waals surface area contributed by atoms with Gasteiger partial charge in [0.25, 0.3) is 5.91 Å². The fourth-order valence-corrected chi connectivity index (χ4v) is 6.52. The first-order chi connectivity index (χ1) is 20.2. The van der Waals surface area contributed by atoms with Crippen molar-refractivity contribution in [2.75, 3.05) is 64.1 Å². The number of carbonyl (C=O) groups excluding carboxylic acids is 1. The summed E-state index contributed by atoms with van der Waals surface area (Å²) in [7, 11) is 0. The van der Waals surface area contributed by atoms with Crippen LogP contribution in [0.4, 0.5) is 5.69 Å². The Labute approximate surface area is 240 Å². The van der Waals surface area contributed by atoms with Gasteiger partial charge in [0, 0.05) is 79.6 Å². The fraction of sp³-hybridized carbons (Fsp3) is 0.394.